The average molecular weight is 347 g/mol. The molecular weight excluding hydrogens is 340 g/mol. The highest BCUT2D eigenvalue weighted by Gasteiger charge is 2.12. The van der Waals surface area contributed by atoms with Crippen molar-refractivity contribution >= 4 is 39.1 Å². The number of hydrogen-bond acceptors (Lipinski definition) is 1. The summed E-state index contributed by atoms with van der Waals surface area (Å²) in [6.07, 6.45) is 0. The summed E-state index contributed by atoms with van der Waals surface area (Å²) in [7, 11) is 0. The Morgan fingerprint density at radius 2 is 1.74 bits per heavy atom. The van der Waals surface area contributed by atoms with Crippen LogP contribution in [0.1, 0.15) is 10.4 Å². The third kappa shape index (κ3) is 3.30. The summed E-state index contributed by atoms with van der Waals surface area (Å²) < 4.78 is 26.1. The van der Waals surface area contributed by atoms with E-state index in [0.29, 0.717) is 4.47 Å². The Bertz CT molecular complexity index is 608. The predicted octanol–water partition coefficient (Wildman–Crippen LogP) is 4.63. The van der Waals surface area contributed by atoms with Gasteiger partial charge in [-0.3, -0.25) is 4.79 Å². The number of carbonyl (C=O) groups is 1. The normalized spacial score (nSPS) is 10.3. The summed E-state index contributed by atoms with van der Waals surface area (Å²) in [5.41, 5.74) is 0.533. The van der Waals surface area contributed by atoms with E-state index in [-0.39, 0.29) is 16.3 Å². The van der Waals surface area contributed by atoms with Crippen LogP contribution in [-0.2, 0) is 0 Å². The fourth-order valence-electron chi connectivity index (χ4n) is 1.45. The topological polar surface area (TPSA) is 29.1 Å². The first kappa shape index (κ1) is 14.0. The van der Waals surface area contributed by atoms with Crippen LogP contribution in [0.25, 0.3) is 0 Å². The van der Waals surface area contributed by atoms with Crippen LogP contribution in [0.15, 0.2) is 40.9 Å². The van der Waals surface area contributed by atoms with E-state index in [1.54, 1.807) is 0 Å². The van der Waals surface area contributed by atoms with Crippen LogP contribution < -0.4 is 5.32 Å². The van der Waals surface area contributed by atoms with Gasteiger partial charge in [-0.25, -0.2) is 8.78 Å². The Kier molecular flexibility index (Phi) is 4.17. The van der Waals surface area contributed by atoms with Gasteiger partial charge in [0.05, 0.1) is 10.7 Å². The summed E-state index contributed by atoms with van der Waals surface area (Å²) >= 11 is 8.96. The molecular formula is C13H7BrClF2NO. The second kappa shape index (κ2) is 5.67. The number of nitrogens with one attached hydrogen (secondary N) is 1. The zero-order valence-corrected chi connectivity index (χ0v) is 11.7. The lowest BCUT2D eigenvalue weighted by Gasteiger charge is -2.09. The van der Waals surface area contributed by atoms with Crippen molar-refractivity contribution in [3.63, 3.8) is 0 Å². The minimum Gasteiger partial charge on any atom is -0.320 e. The number of hydrogen-bond donors (Lipinski definition) is 1. The summed E-state index contributed by atoms with van der Waals surface area (Å²) in [5, 5.41) is 2.61. The molecule has 0 aliphatic heterocycles. The summed E-state index contributed by atoms with van der Waals surface area (Å²) in [6, 6.07) is 7.32. The van der Waals surface area contributed by atoms with Crippen LogP contribution in [0, 0.1) is 11.6 Å². The van der Waals surface area contributed by atoms with Crippen LogP contribution in [0.3, 0.4) is 0 Å². The number of rotatable bonds is 2. The first-order valence-electron chi connectivity index (χ1n) is 5.19. The molecule has 0 atom stereocenters. The number of carbonyl (C=O) groups excluding carboxylic acids is 1. The molecule has 1 N–H and O–H groups in total. The molecule has 0 aliphatic rings. The van der Waals surface area contributed by atoms with Gasteiger partial charge in [0.1, 0.15) is 11.6 Å². The van der Waals surface area contributed by atoms with E-state index in [4.69, 9.17) is 11.6 Å². The smallest absolute Gasteiger partial charge is 0.255 e. The van der Waals surface area contributed by atoms with Gasteiger partial charge >= 0.3 is 0 Å². The minimum absolute atomic E-state index is 0.0716. The monoisotopic (exact) mass is 345 g/mol. The number of anilines is 1. The molecule has 0 saturated heterocycles. The molecule has 0 heterocycles. The molecule has 0 radical (unpaired) electrons. The molecule has 0 saturated carbocycles. The third-order valence-corrected chi connectivity index (χ3v) is 3.28. The van der Waals surface area contributed by atoms with E-state index in [0.717, 1.165) is 6.07 Å². The second-order valence-corrected chi connectivity index (χ2v) is 4.97. The third-order valence-electron chi connectivity index (χ3n) is 2.35. The zero-order chi connectivity index (χ0) is 14.0. The molecule has 0 aromatic heterocycles. The fraction of sp³-hybridized carbons (Fsp3) is 0. The molecule has 1 amide bonds. The SMILES string of the molecule is O=C(Nc1c(Cl)cc(F)cc1Br)c1ccc(F)cc1. The predicted molar refractivity (Wildman–Crippen MR) is 73.5 cm³/mol. The molecule has 0 unspecified atom stereocenters. The molecule has 2 rings (SSSR count). The van der Waals surface area contributed by atoms with Gasteiger partial charge in [-0.15, -0.1) is 0 Å². The molecule has 0 bridgehead atoms. The van der Waals surface area contributed by atoms with Crippen molar-refractivity contribution in [3.8, 4) is 0 Å². The number of amides is 1. The Labute approximate surface area is 121 Å². The Balaban J connectivity index is 2.26. The highest BCUT2D eigenvalue weighted by Crippen LogP contribution is 2.32. The van der Waals surface area contributed by atoms with E-state index < -0.39 is 17.5 Å². The molecule has 98 valence electrons. The van der Waals surface area contributed by atoms with E-state index in [1.807, 2.05) is 0 Å². The molecule has 19 heavy (non-hydrogen) atoms. The van der Waals surface area contributed by atoms with Crippen LogP contribution in [0.4, 0.5) is 14.5 Å². The molecule has 2 aromatic rings. The van der Waals surface area contributed by atoms with Gasteiger partial charge in [0, 0.05) is 10.0 Å². The van der Waals surface area contributed by atoms with Gasteiger partial charge in [-0.1, -0.05) is 11.6 Å². The van der Waals surface area contributed by atoms with Gasteiger partial charge in [0.25, 0.3) is 5.91 Å². The molecule has 0 fully saturated rings. The lowest BCUT2D eigenvalue weighted by atomic mass is 10.2. The van der Waals surface area contributed by atoms with Gasteiger partial charge < -0.3 is 5.32 Å². The quantitative estimate of drug-likeness (QED) is 0.844. The standard InChI is InChI=1S/C13H7BrClF2NO/c14-10-5-9(17)6-11(15)12(10)18-13(19)7-1-3-8(16)4-2-7/h1-6H,(H,18,19). The summed E-state index contributed by atoms with van der Waals surface area (Å²) in [5.74, 6) is -1.41. The largest absolute Gasteiger partial charge is 0.320 e. The minimum atomic E-state index is -0.517. The summed E-state index contributed by atoms with van der Waals surface area (Å²) in [4.78, 5) is 11.9. The van der Waals surface area contributed by atoms with Crippen molar-refractivity contribution in [2.45, 2.75) is 0 Å². The first-order chi connectivity index (χ1) is 8.97. The van der Waals surface area contributed by atoms with Gasteiger partial charge in [-0.05, 0) is 52.3 Å². The van der Waals surface area contributed by atoms with Crippen LogP contribution in [0.2, 0.25) is 5.02 Å². The maximum absolute atomic E-state index is 13.0. The molecule has 2 nitrogen and oxygen atoms in total. The average Bonchev–Trinajstić information content (AvgIpc) is 2.34. The van der Waals surface area contributed by atoms with Crippen LogP contribution >= 0.6 is 27.5 Å². The molecule has 0 aliphatic carbocycles. The van der Waals surface area contributed by atoms with E-state index in [1.165, 1.54) is 30.3 Å². The molecule has 0 spiro atoms. The zero-order valence-electron chi connectivity index (χ0n) is 9.38. The van der Waals surface area contributed by atoms with E-state index in [2.05, 4.69) is 21.2 Å². The van der Waals surface area contributed by atoms with Gasteiger partial charge in [0.2, 0.25) is 0 Å². The van der Waals surface area contributed by atoms with Crippen molar-refractivity contribution in [1.82, 2.24) is 0 Å². The van der Waals surface area contributed by atoms with Crippen molar-refractivity contribution in [3.05, 3.63) is 63.1 Å². The first-order valence-corrected chi connectivity index (χ1v) is 6.36. The Hall–Kier alpha value is -1.46. The summed E-state index contributed by atoms with van der Waals surface area (Å²) in [6.45, 7) is 0. The lowest BCUT2D eigenvalue weighted by Crippen LogP contribution is -2.12. The maximum Gasteiger partial charge on any atom is 0.255 e. The highest BCUT2D eigenvalue weighted by atomic mass is 79.9. The van der Waals surface area contributed by atoms with E-state index >= 15 is 0 Å². The Morgan fingerprint density at radius 1 is 1.11 bits per heavy atom. The fourth-order valence-corrected chi connectivity index (χ4v) is 2.35. The number of benzene rings is 2. The van der Waals surface area contributed by atoms with Crippen molar-refractivity contribution in [1.29, 1.82) is 0 Å². The van der Waals surface area contributed by atoms with Gasteiger partial charge in [0.15, 0.2) is 0 Å². The van der Waals surface area contributed by atoms with E-state index in [9.17, 15) is 13.6 Å². The second-order valence-electron chi connectivity index (χ2n) is 3.71. The van der Waals surface area contributed by atoms with Crippen molar-refractivity contribution in [2.24, 2.45) is 0 Å². The van der Waals surface area contributed by atoms with Crippen LogP contribution in [0.5, 0.6) is 0 Å². The molecule has 6 heteroatoms. The Morgan fingerprint density at radius 3 is 2.32 bits per heavy atom. The van der Waals surface area contributed by atoms with Gasteiger partial charge in [-0.2, -0.15) is 0 Å². The lowest BCUT2D eigenvalue weighted by molar-refractivity contribution is 0.102. The van der Waals surface area contributed by atoms with Crippen molar-refractivity contribution < 1.29 is 13.6 Å². The maximum atomic E-state index is 13.0. The number of halogens is 4. The van der Waals surface area contributed by atoms with Crippen LogP contribution in [-0.4, -0.2) is 5.91 Å². The molecule has 2 aromatic carbocycles. The van der Waals surface area contributed by atoms with Crippen molar-refractivity contribution in [2.75, 3.05) is 5.32 Å². The highest BCUT2D eigenvalue weighted by molar-refractivity contribution is 9.10.